The molecule has 0 saturated heterocycles. The Kier molecular flexibility index (Phi) is 4.30. The van der Waals surface area contributed by atoms with E-state index in [1.54, 1.807) is 12.3 Å². The highest BCUT2D eigenvalue weighted by molar-refractivity contribution is 8.00. The van der Waals surface area contributed by atoms with Gasteiger partial charge in [0.1, 0.15) is 5.76 Å². The summed E-state index contributed by atoms with van der Waals surface area (Å²) in [5, 5.41) is 2.79. The van der Waals surface area contributed by atoms with Crippen molar-refractivity contribution in [2.45, 2.75) is 11.4 Å². The first-order valence-electron chi connectivity index (χ1n) is 5.51. The maximum atomic E-state index is 11.6. The minimum absolute atomic E-state index is 0.0289. The van der Waals surface area contributed by atoms with Crippen molar-refractivity contribution in [2.24, 2.45) is 0 Å². The average molecular weight is 262 g/mol. The second-order valence-electron chi connectivity index (χ2n) is 3.72. The minimum Gasteiger partial charge on any atom is -0.467 e. The molecule has 0 unspecified atom stereocenters. The van der Waals surface area contributed by atoms with Gasteiger partial charge in [-0.1, -0.05) is 6.07 Å². The molecule has 2 aromatic rings. The van der Waals surface area contributed by atoms with E-state index in [0.29, 0.717) is 18.0 Å². The van der Waals surface area contributed by atoms with Crippen molar-refractivity contribution in [3.8, 4) is 0 Å². The van der Waals surface area contributed by atoms with Crippen molar-refractivity contribution in [1.29, 1.82) is 0 Å². The van der Waals surface area contributed by atoms with E-state index in [2.05, 4.69) is 5.32 Å². The fourth-order valence-electron chi connectivity index (χ4n) is 1.40. The normalized spacial score (nSPS) is 10.2. The number of thioether (sulfide) groups is 1. The monoisotopic (exact) mass is 262 g/mol. The molecule has 4 nitrogen and oxygen atoms in total. The van der Waals surface area contributed by atoms with Crippen LogP contribution in [-0.4, -0.2) is 11.7 Å². The van der Waals surface area contributed by atoms with E-state index in [4.69, 9.17) is 10.2 Å². The third kappa shape index (κ3) is 3.85. The lowest BCUT2D eigenvalue weighted by Crippen LogP contribution is -2.24. The Morgan fingerprint density at radius 1 is 1.33 bits per heavy atom. The molecule has 0 radical (unpaired) electrons. The molecule has 1 amide bonds. The Labute approximate surface area is 110 Å². The lowest BCUT2D eigenvalue weighted by atomic mass is 10.3. The number of amides is 1. The van der Waals surface area contributed by atoms with Gasteiger partial charge in [0.05, 0.1) is 18.6 Å². The summed E-state index contributed by atoms with van der Waals surface area (Å²) in [5.74, 6) is 1.08. The van der Waals surface area contributed by atoms with Crippen molar-refractivity contribution in [2.75, 3.05) is 11.5 Å². The smallest absolute Gasteiger partial charge is 0.230 e. The van der Waals surface area contributed by atoms with Gasteiger partial charge in [-0.25, -0.2) is 0 Å². The van der Waals surface area contributed by atoms with E-state index in [-0.39, 0.29) is 5.91 Å². The maximum absolute atomic E-state index is 11.6. The largest absolute Gasteiger partial charge is 0.467 e. The quantitative estimate of drug-likeness (QED) is 0.640. The van der Waals surface area contributed by atoms with Crippen LogP contribution in [-0.2, 0) is 11.3 Å². The van der Waals surface area contributed by atoms with Gasteiger partial charge in [0.25, 0.3) is 0 Å². The van der Waals surface area contributed by atoms with Gasteiger partial charge in [-0.05, 0) is 30.3 Å². The van der Waals surface area contributed by atoms with Gasteiger partial charge in [0, 0.05) is 10.6 Å². The van der Waals surface area contributed by atoms with Crippen molar-refractivity contribution < 1.29 is 9.21 Å². The van der Waals surface area contributed by atoms with Crippen molar-refractivity contribution >= 4 is 23.4 Å². The molecule has 0 aliphatic carbocycles. The van der Waals surface area contributed by atoms with Crippen LogP contribution in [0.4, 0.5) is 5.69 Å². The maximum Gasteiger partial charge on any atom is 0.230 e. The highest BCUT2D eigenvalue weighted by Gasteiger charge is 2.04. The molecular formula is C13H14N2O2S. The van der Waals surface area contributed by atoms with Crippen molar-refractivity contribution in [3.05, 3.63) is 48.4 Å². The lowest BCUT2D eigenvalue weighted by Gasteiger charge is -2.04. The first-order valence-corrected chi connectivity index (χ1v) is 6.50. The number of anilines is 1. The number of carbonyl (C=O) groups is 1. The molecule has 3 N–H and O–H groups in total. The summed E-state index contributed by atoms with van der Waals surface area (Å²) in [5.41, 5.74) is 6.37. The summed E-state index contributed by atoms with van der Waals surface area (Å²) in [7, 11) is 0. The molecule has 94 valence electrons. The summed E-state index contributed by atoms with van der Waals surface area (Å²) >= 11 is 1.46. The van der Waals surface area contributed by atoms with Gasteiger partial charge in [0.2, 0.25) is 5.91 Å². The third-order valence-electron chi connectivity index (χ3n) is 2.27. The van der Waals surface area contributed by atoms with E-state index in [9.17, 15) is 4.79 Å². The topological polar surface area (TPSA) is 68.3 Å². The molecular weight excluding hydrogens is 248 g/mol. The van der Waals surface area contributed by atoms with Gasteiger partial charge < -0.3 is 15.5 Å². The van der Waals surface area contributed by atoms with E-state index in [1.165, 1.54) is 11.8 Å². The number of carbonyl (C=O) groups excluding carboxylic acids is 1. The standard InChI is InChI=1S/C13H14N2O2S/c14-10-3-1-5-12(7-10)18-9-13(16)15-8-11-4-2-6-17-11/h1-7H,8-9,14H2,(H,15,16). The minimum atomic E-state index is -0.0289. The fraction of sp³-hybridized carbons (Fsp3) is 0.154. The Bertz CT molecular complexity index is 511. The van der Waals surface area contributed by atoms with Crippen LogP contribution >= 0.6 is 11.8 Å². The zero-order valence-electron chi connectivity index (χ0n) is 9.76. The van der Waals surface area contributed by atoms with Gasteiger partial charge in [-0.15, -0.1) is 11.8 Å². The Morgan fingerprint density at radius 3 is 2.94 bits per heavy atom. The fourth-order valence-corrected chi connectivity index (χ4v) is 2.20. The zero-order chi connectivity index (χ0) is 12.8. The molecule has 1 aromatic carbocycles. The molecule has 0 spiro atoms. The van der Waals surface area contributed by atoms with Gasteiger partial charge >= 0.3 is 0 Å². The highest BCUT2D eigenvalue weighted by Crippen LogP contribution is 2.19. The first-order chi connectivity index (χ1) is 8.74. The zero-order valence-corrected chi connectivity index (χ0v) is 10.6. The summed E-state index contributed by atoms with van der Waals surface area (Å²) in [6, 6.07) is 11.1. The molecule has 0 atom stereocenters. The molecule has 5 heteroatoms. The van der Waals surface area contributed by atoms with Crippen LogP contribution in [0.2, 0.25) is 0 Å². The van der Waals surface area contributed by atoms with Crippen LogP contribution in [0.3, 0.4) is 0 Å². The Balaban J connectivity index is 1.75. The Hall–Kier alpha value is -1.88. The molecule has 1 aromatic heterocycles. The molecule has 0 fully saturated rings. The molecule has 1 heterocycles. The number of nitrogens with two attached hydrogens (primary N) is 1. The van der Waals surface area contributed by atoms with Gasteiger partial charge in [-0.3, -0.25) is 4.79 Å². The highest BCUT2D eigenvalue weighted by atomic mass is 32.2. The van der Waals surface area contributed by atoms with Crippen LogP contribution in [0.1, 0.15) is 5.76 Å². The first kappa shape index (κ1) is 12.6. The van der Waals surface area contributed by atoms with Crippen LogP contribution < -0.4 is 11.1 Å². The number of benzene rings is 1. The SMILES string of the molecule is Nc1cccc(SCC(=O)NCc2ccco2)c1. The average Bonchev–Trinajstić information content (AvgIpc) is 2.87. The number of hydrogen-bond acceptors (Lipinski definition) is 4. The molecule has 18 heavy (non-hydrogen) atoms. The summed E-state index contributed by atoms with van der Waals surface area (Å²) in [6.07, 6.45) is 1.59. The molecule has 0 aliphatic rings. The van der Waals surface area contributed by atoms with Crippen LogP contribution in [0.15, 0.2) is 52.0 Å². The van der Waals surface area contributed by atoms with Crippen LogP contribution in [0, 0.1) is 0 Å². The van der Waals surface area contributed by atoms with Crippen molar-refractivity contribution in [3.63, 3.8) is 0 Å². The summed E-state index contributed by atoms with van der Waals surface area (Å²) in [4.78, 5) is 12.6. The lowest BCUT2D eigenvalue weighted by molar-refractivity contribution is -0.118. The summed E-state index contributed by atoms with van der Waals surface area (Å²) < 4.78 is 5.12. The van der Waals surface area contributed by atoms with Gasteiger partial charge in [-0.2, -0.15) is 0 Å². The second-order valence-corrected chi connectivity index (χ2v) is 4.77. The van der Waals surface area contributed by atoms with Crippen molar-refractivity contribution in [1.82, 2.24) is 5.32 Å². The number of nitrogens with one attached hydrogen (secondary N) is 1. The third-order valence-corrected chi connectivity index (χ3v) is 3.26. The predicted molar refractivity (Wildman–Crippen MR) is 72.1 cm³/mol. The molecule has 0 saturated carbocycles. The second kappa shape index (κ2) is 6.16. The van der Waals surface area contributed by atoms with E-state index in [0.717, 1.165) is 10.7 Å². The van der Waals surface area contributed by atoms with E-state index in [1.807, 2.05) is 30.3 Å². The molecule has 0 bridgehead atoms. The van der Waals surface area contributed by atoms with Gasteiger partial charge in [0.15, 0.2) is 0 Å². The van der Waals surface area contributed by atoms with Crippen LogP contribution in [0.5, 0.6) is 0 Å². The van der Waals surface area contributed by atoms with Crippen LogP contribution in [0.25, 0.3) is 0 Å². The number of rotatable bonds is 5. The number of furan rings is 1. The predicted octanol–water partition coefficient (Wildman–Crippen LogP) is 2.27. The summed E-state index contributed by atoms with van der Waals surface area (Å²) in [6.45, 7) is 0.420. The number of nitrogen functional groups attached to an aromatic ring is 1. The van der Waals surface area contributed by atoms with E-state index < -0.39 is 0 Å². The molecule has 2 rings (SSSR count). The van der Waals surface area contributed by atoms with E-state index >= 15 is 0 Å². The molecule has 0 aliphatic heterocycles. The number of hydrogen-bond donors (Lipinski definition) is 2. The Morgan fingerprint density at radius 2 is 2.22 bits per heavy atom.